The molecule has 0 saturated heterocycles. The average Bonchev–Trinajstić information content (AvgIpc) is 2.78. The van der Waals surface area contributed by atoms with Crippen LogP contribution in [0, 0.1) is 5.41 Å². The van der Waals surface area contributed by atoms with E-state index in [2.05, 4.69) is 32.0 Å². The van der Waals surface area contributed by atoms with Gasteiger partial charge in [-0.2, -0.15) is 0 Å². The molecule has 0 bridgehead atoms. The molecule has 2 aliphatic rings. The van der Waals surface area contributed by atoms with Crippen LogP contribution >= 0.6 is 0 Å². The Kier molecular flexibility index (Phi) is 2.13. The van der Waals surface area contributed by atoms with Gasteiger partial charge in [0.15, 0.2) is 0 Å². The zero-order chi connectivity index (χ0) is 11.3. The Morgan fingerprint density at radius 2 is 2.06 bits per heavy atom. The van der Waals surface area contributed by atoms with Crippen molar-refractivity contribution in [1.29, 1.82) is 0 Å². The van der Waals surface area contributed by atoms with Crippen LogP contribution in [0.2, 0.25) is 0 Å². The summed E-state index contributed by atoms with van der Waals surface area (Å²) >= 11 is 0. The van der Waals surface area contributed by atoms with E-state index in [1.165, 1.54) is 16.7 Å². The molecule has 1 aromatic rings. The number of hydrogen-bond donors (Lipinski definition) is 1. The van der Waals surface area contributed by atoms with E-state index < -0.39 is 0 Å². The predicted molar refractivity (Wildman–Crippen MR) is 64.3 cm³/mol. The van der Waals surface area contributed by atoms with Crippen LogP contribution in [0.5, 0.6) is 0 Å². The summed E-state index contributed by atoms with van der Waals surface area (Å²) in [5, 5.41) is 0. The van der Waals surface area contributed by atoms with Crippen molar-refractivity contribution in [2.45, 2.75) is 38.8 Å². The molecule has 1 fully saturated rings. The summed E-state index contributed by atoms with van der Waals surface area (Å²) in [6.45, 7) is 6.14. The van der Waals surface area contributed by atoms with Crippen molar-refractivity contribution >= 4 is 0 Å². The number of hydrogen-bond acceptors (Lipinski definition) is 2. The van der Waals surface area contributed by atoms with Gasteiger partial charge in [0.05, 0.1) is 13.2 Å². The van der Waals surface area contributed by atoms with Crippen LogP contribution in [0.3, 0.4) is 0 Å². The maximum Gasteiger partial charge on any atom is 0.0719 e. The van der Waals surface area contributed by atoms with Crippen LogP contribution in [0.25, 0.3) is 0 Å². The molecule has 0 amide bonds. The van der Waals surface area contributed by atoms with Crippen molar-refractivity contribution in [3.8, 4) is 0 Å². The number of rotatable bonds is 1. The highest BCUT2D eigenvalue weighted by molar-refractivity contribution is 5.40. The molecule has 1 heterocycles. The SMILES string of the molecule is CC1(C)C(N)C1c1ccc2c(c1)CCOC2. The lowest BCUT2D eigenvalue weighted by Crippen LogP contribution is -2.10. The van der Waals surface area contributed by atoms with Gasteiger partial charge in [0.2, 0.25) is 0 Å². The molecule has 0 radical (unpaired) electrons. The van der Waals surface area contributed by atoms with E-state index in [0.717, 1.165) is 19.6 Å². The predicted octanol–water partition coefficient (Wildman–Crippen LogP) is 2.21. The molecule has 1 aliphatic heterocycles. The molecule has 2 nitrogen and oxygen atoms in total. The van der Waals surface area contributed by atoms with Gasteiger partial charge in [0, 0.05) is 12.0 Å². The summed E-state index contributed by atoms with van der Waals surface area (Å²) in [5.41, 5.74) is 10.6. The maximum atomic E-state index is 6.13. The quantitative estimate of drug-likeness (QED) is 0.782. The van der Waals surface area contributed by atoms with Gasteiger partial charge in [-0.1, -0.05) is 32.0 Å². The van der Waals surface area contributed by atoms with Gasteiger partial charge < -0.3 is 10.5 Å². The van der Waals surface area contributed by atoms with Crippen LogP contribution < -0.4 is 5.73 Å². The largest absolute Gasteiger partial charge is 0.376 e. The van der Waals surface area contributed by atoms with Gasteiger partial charge in [-0.3, -0.25) is 0 Å². The fraction of sp³-hybridized carbons (Fsp3) is 0.571. The zero-order valence-corrected chi connectivity index (χ0v) is 9.99. The Morgan fingerprint density at radius 1 is 1.31 bits per heavy atom. The molecule has 0 spiro atoms. The van der Waals surface area contributed by atoms with E-state index in [9.17, 15) is 0 Å². The van der Waals surface area contributed by atoms with E-state index in [1.54, 1.807) is 0 Å². The van der Waals surface area contributed by atoms with Gasteiger partial charge in [-0.15, -0.1) is 0 Å². The smallest absolute Gasteiger partial charge is 0.0719 e. The molecular formula is C14H19NO. The Morgan fingerprint density at radius 3 is 2.75 bits per heavy atom. The first-order chi connectivity index (χ1) is 7.60. The molecule has 1 saturated carbocycles. The lowest BCUT2D eigenvalue weighted by Gasteiger charge is -2.17. The summed E-state index contributed by atoms with van der Waals surface area (Å²) in [4.78, 5) is 0. The zero-order valence-electron chi connectivity index (χ0n) is 9.99. The van der Waals surface area contributed by atoms with E-state index in [4.69, 9.17) is 10.5 Å². The molecule has 1 aromatic carbocycles. The van der Waals surface area contributed by atoms with Crippen LogP contribution in [-0.2, 0) is 17.8 Å². The van der Waals surface area contributed by atoms with E-state index in [-0.39, 0.29) is 5.41 Å². The molecule has 0 aromatic heterocycles. The topological polar surface area (TPSA) is 35.2 Å². The Labute approximate surface area is 96.8 Å². The molecule has 2 N–H and O–H groups in total. The average molecular weight is 217 g/mol. The van der Waals surface area contributed by atoms with E-state index >= 15 is 0 Å². The van der Waals surface area contributed by atoms with Crippen molar-refractivity contribution in [2.24, 2.45) is 11.1 Å². The molecule has 2 atom stereocenters. The maximum absolute atomic E-state index is 6.13. The van der Waals surface area contributed by atoms with E-state index in [1.807, 2.05) is 0 Å². The number of fused-ring (bicyclic) bond motifs is 1. The monoisotopic (exact) mass is 217 g/mol. The summed E-state index contributed by atoms with van der Waals surface area (Å²) in [5.74, 6) is 0.542. The Bertz CT molecular complexity index is 425. The molecule has 3 rings (SSSR count). The van der Waals surface area contributed by atoms with Crippen molar-refractivity contribution in [3.63, 3.8) is 0 Å². The molecule has 86 valence electrons. The fourth-order valence-electron chi connectivity index (χ4n) is 2.89. The summed E-state index contributed by atoms with van der Waals surface area (Å²) in [7, 11) is 0. The van der Waals surface area contributed by atoms with Gasteiger partial charge in [0.25, 0.3) is 0 Å². The number of nitrogens with two attached hydrogens (primary N) is 1. The summed E-state index contributed by atoms with van der Waals surface area (Å²) in [6.07, 6.45) is 1.05. The van der Waals surface area contributed by atoms with Crippen LogP contribution in [0.4, 0.5) is 0 Å². The van der Waals surface area contributed by atoms with Gasteiger partial charge in [-0.05, 0) is 28.5 Å². The second-order valence-corrected chi connectivity index (χ2v) is 5.66. The van der Waals surface area contributed by atoms with Crippen molar-refractivity contribution in [1.82, 2.24) is 0 Å². The summed E-state index contributed by atoms with van der Waals surface area (Å²) < 4.78 is 5.45. The van der Waals surface area contributed by atoms with Crippen LogP contribution in [0.1, 0.15) is 36.5 Å². The van der Waals surface area contributed by atoms with Crippen molar-refractivity contribution < 1.29 is 4.74 Å². The first-order valence-corrected chi connectivity index (χ1v) is 6.06. The molecular weight excluding hydrogens is 198 g/mol. The minimum Gasteiger partial charge on any atom is -0.376 e. The third-order valence-electron chi connectivity index (χ3n) is 4.27. The highest BCUT2D eigenvalue weighted by Crippen LogP contribution is 2.57. The van der Waals surface area contributed by atoms with Gasteiger partial charge >= 0.3 is 0 Å². The first kappa shape index (κ1) is 10.3. The van der Waals surface area contributed by atoms with Crippen molar-refractivity contribution in [3.05, 3.63) is 34.9 Å². The Balaban J connectivity index is 1.93. The minimum atomic E-state index is 0.277. The minimum absolute atomic E-state index is 0.277. The highest BCUT2D eigenvalue weighted by atomic mass is 16.5. The molecule has 2 unspecified atom stereocenters. The number of benzene rings is 1. The molecule has 1 aliphatic carbocycles. The second-order valence-electron chi connectivity index (χ2n) is 5.66. The second kappa shape index (κ2) is 3.31. The third kappa shape index (κ3) is 1.40. The normalized spacial score (nSPS) is 30.9. The van der Waals surface area contributed by atoms with Crippen LogP contribution in [-0.4, -0.2) is 12.6 Å². The Hall–Kier alpha value is -0.860. The lowest BCUT2D eigenvalue weighted by molar-refractivity contribution is 0.110. The third-order valence-corrected chi connectivity index (χ3v) is 4.27. The first-order valence-electron chi connectivity index (χ1n) is 6.06. The van der Waals surface area contributed by atoms with Crippen molar-refractivity contribution in [2.75, 3.05) is 6.61 Å². The summed E-state index contributed by atoms with van der Waals surface area (Å²) in [6, 6.07) is 7.11. The van der Waals surface area contributed by atoms with Gasteiger partial charge in [0.1, 0.15) is 0 Å². The molecule has 2 heteroatoms. The highest BCUT2D eigenvalue weighted by Gasteiger charge is 2.56. The lowest BCUT2D eigenvalue weighted by atomic mass is 9.96. The van der Waals surface area contributed by atoms with E-state index in [0.29, 0.717) is 12.0 Å². The number of ether oxygens (including phenoxy) is 1. The molecule has 16 heavy (non-hydrogen) atoms. The van der Waals surface area contributed by atoms with Gasteiger partial charge in [-0.25, -0.2) is 0 Å². The fourth-order valence-corrected chi connectivity index (χ4v) is 2.89. The van der Waals surface area contributed by atoms with Crippen LogP contribution in [0.15, 0.2) is 18.2 Å². The standard InChI is InChI=1S/C14H19NO/c1-14(2)12(13(14)15)10-3-4-11-8-16-6-5-9(11)7-10/h3-4,7,12-13H,5-6,8,15H2,1-2H3.